The van der Waals surface area contributed by atoms with Crippen LogP contribution in [-0.2, 0) is 9.47 Å². The molecule has 1 fully saturated rings. The molecule has 7 nitrogen and oxygen atoms in total. The Morgan fingerprint density at radius 2 is 2.05 bits per heavy atom. The molecule has 0 N–H and O–H groups in total. The van der Waals surface area contributed by atoms with Crippen molar-refractivity contribution in [3.05, 3.63) is 24.3 Å². The van der Waals surface area contributed by atoms with Crippen molar-refractivity contribution < 1.29 is 14.2 Å². The summed E-state index contributed by atoms with van der Waals surface area (Å²) in [6, 6.07) is -0.00335. The summed E-state index contributed by atoms with van der Waals surface area (Å²) >= 11 is 0. The summed E-state index contributed by atoms with van der Waals surface area (Å²) in [5, 5.41) is 0. The Morgan fingerprint density at radius 1 is 1.23 bits per heavy atom. The van der Waals surface area contributed by atoms with Crippen LogP contribution >= 0.6 is 0 Å². The Labute approximate surface area is 127 Å². The predicted octanol–water partition coefficient (Wildman–Crippen LogP) is 1.86. The van der Waals surface area contributed by atoms with Gasteiger partial charge in [0.05, 0.1) is 19.5 Å². The number of fused-ring (bicyclic) bond motifs is 2. The van der Waals surface area contributed by atoms with Crippen LogP contribution in [0.5, 0.6) is 5.88 Å². The highest BCUT2D eigenvalue weighted by Crippen LogP contribution is 2.43. The lowest BCUT2D eigenvalue weighted by Gasteiger charge is -2.21. The summed E-state index contributed by atoms with van der Waals surface area (Å²) in [4.78, 5) is 12.8. The van der Waals surface area contributed by atoms with E-state index in [0.29, 0.717) is 11.4 Å². The molecule has 0 saturated carbocycles. The summed E-state index contributed by atoms with van der Waals surface area (Å²) in [7, 11) is 1.58. The van der Waals surface area contributed by atoms with Crippen LogP contribution in [0.4, 0.5) is 0 Å². The minimum atomic E-state index is -0.577. The smallest absolute Gasteiger partial charge is 0.245 e. The van der Waals surface area contributed by atoms with Gasteiger partial charge in [0.1, 0.15) is 18.5 Å². The third-order valence-corrected chi connectivity index (χ3v) is 4.19. The number of imidazole rings is 1. The first-order valence-corrected chi connectivity index (χ1v) is 7.25. The minimum absolute atomic E-state index is 0.00335. The molecule has 3 heterocycles. The highest BCUT2D eigenvalue weighted by atomic mass is 16.8. The second kappa shape index (κ2) is 4.50. The lowest BCUT2D eigenvalue weighted by molar-refractivity contribution is -0.147. The number of hydrogen-bond donors (Lipinski definition) is 0. The van der Waals surface area contributed by atoms with E-state index in [1.165, 1.54) is 11.9 Å². The summed E-state index contributed by atoms with van der Waals surface area (Å²) in [5.74, 6) is -0.102. The zero-order chi connectivity index (χ0) is 15.5. The minimum Gasteiger partial charge on any atom is -0.479 e. The second-order valence-corrected chi connectivity index (χ2v) is 6.13. The van der Waals surface area contributed by atoms with Crippen molar-refractivity contribution in [1.82, 2.24) is 19.5 Å². The van der Waals surface area contributed by atoms with Crippen LogP contribution in [0, 0.1) is 0 Å². The molecule has 0 aromatic carbocycles. The van der Waals surface area contributed by atoms with Gasteiger partial charge in [-0.05, 0) is 26.3 Å². The fourth-order valence-corrected chi connectivity index (χ4v) is 3.29. The second-order valence-electron chi connectivity index (χ2n) is 6.13. The maximum atomic E-state index is 6.09. The molecule has 4 rings (SSSR count). The van der Waals surface area contributed by atoms with Crippen LogP contribution in [0.15, 0.2) is 24.3 Å². The van der Waals surface area contributed by atoms with E-state index in [1.54, 1.807) is 13.4 Å². The molecule has 3 atom stereocenters. The molecule has 116 valence electrons. The SMILES string of the molecule is COc1ncnc2c1ncn2[C@H]1C=C(C)[C@H]2OC(C)(C)O[C@H]21. The van der Waals surface area contributed by atoms with Crippen molar-refractivity contribution in [3.8, 4) is 5.88 Å². The summed E-state index contributed by atoms with van der Waals surface area (Å²) in [6.07, 6.45) is 5.29. The molecular weight excluding hydrogens is 284 g/mol. The Morgan fingerprint density at radius 3 is 2.82 bits per heavy atom. The maximum Gasteiger partial charge on any atom is 0.245 e. The van der Waals surface area contributed by atoms with Crippen LogP contribution in [-0.4, -0.2) is 44.6 Å². The lowest BCUT2D eigenvalue weighted by Crippen LogP contribution is -2.27. The van der Waals surface area contributed by atoms with Gasteiger partial charge in [0, 0.05) is 0 Å². The van der Waals surface area contributed by atoms with Gasteiger partial charge in [-0.1, -0.05) is 6.08 Å². The summed E-state index contributed by atoms with van der Waals surface area (Å²) < 4.78 is 19.3. The van der Waals surface area contributed by atoms with E-state index in [0.717, 1.165) is 5.65 Å². The van der Waals surface area contributed by atoms with Gasteiger partial charge in [-0.2, -0.15) is 4.98 Å². The average molecular weight is 302 g/mol. The quantitative estimate of drug-likeness (QED) is 0.789. The average Bonchev–Trinajstić information content (AvgIpc) is 3.11. The van der Waals surface area contributed by atoms with Crippen molar-refractivity contribution >= 4 is 11.2 Å². The van der Waals surface area contributed by atoms with Gasteiger partial charge in [-0.15, -0.1) is 0 Å². The monoisotopic (exact) mass is 302 g/mol. The molecule has 0 spiro atoms. The Kier molecular flexibility index (Phi) is 2.79. The van der Waals surface area contributed by atoms with Crippen LogP contribution in [0.3, 0.4) is 0 Å². The van der Waals surface area contributed by atoms with Crippen molar-refractivity contribution in [1.29, 1.82) is 0 Å². The zero-order valence-corrected chi connectivity index (χ0v) is 13.0. The Bertz CT molecular complexity index is 767. The van der Waals surface area contributed by atoms with Crippen LogP contribution in [0.2, 0.25) is 0 Å². The largest absolute Gasteiger partial charge is 0.479 e. The van der Waals surface area contributed by atoms with Crippen LogP contribution in [0.25, 0.3) is 11.2 Å². The Balaban J connectivity index is 1.80. The molecule has 0 radical (unpaired) electrons. The first-order chi connectivity index (χ1) is 10.5. The molecule has 1 saturated heterocycles. The maximum absolute atomic E-state index is 6.09. The van der Waals surface area contributed by atoms with E-state index in [1.807, 2.05) is 18.4 Å². The number of ether oxygens (including phenoxy) is 3. The molecule has 2 aliphatic rings. The van der Waals surface area contributed by atoms with Crippen molar-refractivity contribution in [2.45, 2.75) is 44.8 Å². The van der Waals surface area contributed by atoms with Gasteiger partial charge in [-0.25, -0.2) is 9.97 Å². The van der Waals surface area contributed by atoms with Gasteiger partial charge >= 0.3 is 0 Å². The third kappa shape index (κ3) is 1.85. The first-order valence-electron chi connectivity index (χ1n) is 7.25. The van der Waals surface area contributed by atoms with Gasteiger partial charge in [0.2, 0.25) is 5.88 Å². The van der Waals surface area contributed by atoms with E-state index in [4.69, 9.17) is 14.2 Å². The van der Waals surface area contributed by atoms with E-state index in [-0.39, 0.29) is 18.2 Å². The summed E-state index contributed by atoms with van der Waals surface area (Å²) in [6.45, 7) is 5.94. The standard InChI is InChI=1S/C15H18N4O3/c1-8-5-9(12-11(8)21-15(2,3)22-12)19-7-18-10-13(19)16-6-17-14(10)20-4/h5-7,9,11-12H,1-4H3/t9-,11+,12-/m0/s1. The lowest BCUT2D eigenvalue weighted by atomic mass is 10.1. The fourth-order valence-electron chi connectivity index (χ4n) is 3.29. The number of aromatic nitrogens is 4. The fraction of sp³-hybridized carbons (Fsp3) is 0.533. The predicted molar refractivity (Wildman–Crippen MR) is 78.5 cm³/mol. The third-order valence-electron chi connectivity index (χ3n) is 4.19. The Hall–Kier alpha value is -1.99. The van der Waals surface area contributed by atoms with E-state index in [2.05, 4.69) is 28.0 Å². The molecule has 0 bridgehead atoms. The highest BCUT2D eigenvalue weighted by Gasteiger charge is 2.49. The van der Waals surface area contributed by atoms with E-state index < -0.39 is 5.79 Å². The van der Waals surface area contributed by atoms with Gasteiger partial charge in [0.25, 0.3) is 0 Å². The van der Waals surface area contributed by atoms with E-state index >= 15 is 0 Å². The van der Waals surface area contributed by atoms with Crippen molar-refractivity contribution in [2.24, 2.45) is 0 Å². The number of nitrogens with zero attached hydrogens (tertiary/aromatic N) is 4. The molecule has 22 heavy (non-hydrogen) atoms. The topological polar surface area (TPSA) is 71.3 Å². The molecule has 1 aliphatic carbocycles. The molecular formula is C15H18N4O3. The number of methoxy groups -OCH3 is 1. The van der Waals surface area contributed by atoms with Crippen molar-refractivity contribution in [3.63, 3.8) is 0 Å². The normalized spacial score (nSPS) is 29.6. The molecule has 2 aromatic heterocycles. The van der Waals surface area contributed by atoms with Gasteiger partial charge in [0.15, 0.2) is 17.0 Å². The highest BCUT2D eigenvalue weighted by molar-refractivity contribution is 5.76. The molecule has 0 unspecified atom stereocenters. The van der Waals surface area contributed by atoms with Crippen molar-refractivity contribution in [2.75, 3.05) is 7.11 Å². The molecule has 7 heteroatoms. The molecule has 1 aliphatic heterocycles. The van der Waals surface area contributed by atoms with Gasteiger partial charge in [-0.3, -0.25) is 0 Å². The first kappa shape index (κ1) is 13.7. The number of hydrogen-bond acceptors (Lipinski definition) is 6. The van der Waals surface area contributed by atoms with E-state index in [9.17, 15) is 0 Å². The zero-order valence-electron chi connectivity index (χ0n) is 13.0. The summed E-state index contributed by atoms with van der Waals surface area (Å²) in [5.41, 5.74) is 2.55. The van der Waals surface area contributed by atoms with Gasteiger partial charge < -0.3 is 18.8 Å². The number of rotatable bonds is 2. The molecule has 2 aromatic rings. The van der Waals surface area contributed by atoms with Crippen LogP contribution < -0.4 is 4.74 Å². The van der Waals surface area contributed by atoms with Crippen LogP contribution in [0.1, 0.15) is 26.8 Å². The molecule has 0 amide bonds.